The van der Waals surface area contributed by atoms with Crippen LogP contribution in [0.5, 0.6) is 0 Å². The largest absolute Gasteiger partial charge is 0.395 e. The Hall–Kier alpha value is -0.0631. The lowest BCUT2D eigenvalue weighted by Gasteiger charge is -2.40. The van der Waals surface area contributed by atoms with Gasteiger partial charge in [-0.25, -0.2) is 0 Å². The lowest BCUT2D eigenvalue weighted by Crippen LogP contribution is -2.57. The van der Waals surface area contributed by atoms with Crippen molar-refractivity contribution in [3.05, 3.63) is 33.8 Å². The van der Waals surface area contributed by atoms with Crippen molar-refractivity contribution in [1.82, 2.24) is 4.98 Å². The van der Waals surface area contributed by atoms with Gasteiger partial charge in [-0.3, -0.25) is 0 Å². The summed E-state index contributed by atoms with van der Waals surface area (Å²) in [5.41, 5.74) is 1.09. The highest BCUT2D eigenvalue weighted by Gasteiger charge is 2.36. The van der Waals surface area contributed by atoms with Gasteiger partial charge in [0.05, 0.1) is 16.7 Å². The van der Waals surface area contributed by atoms with Gasteiger partial charge in [0.15, 0.2) is 0 Å². The molecular formula is C15H25Cl2NOSi. The van der Waals surface area contributed by atoms with Crippen LogP contribution >= 0.6 is 23.2 Å². The lowest BCUT2D eigenvalue weighted by atomic mass is 10.1. The third-order valence-corrected chi connectivity index (χ3v) is 9.75. The highest BCUT2D eigenvalue weighted by Crippen LogP contribution is 2.34. The SMILES string of the molecule is CC(C)(C)[Si](C)(C)NC(CO)Cc1ccc(Cl)c(Cl)c1. The number of halogens is 2. The second-order valence-electron chi connectivity index (χ2n) is 6.85. The van der Waals surface area contributed by atoms with Crippen molar-refractivity contribution >= 4 is 31.4 Å². The minimum Gasteiger partial charge on any atom is -0.395 e. The highest BCUT2D eigenvalue weighted by atomic mass is 35.5. The van der Waals surface area contributed by atoms with Gasteiger partial charge in [-0.15, -0.1) is 0 Å². The van der Waals surface area contributed by atoms with Gasteiger partial charge in [-0.1, -0.05) is 63.1 Å². The van der Waals surface area contributed by atoms with Gasteiger partial charge in [0, 0.05) is 6.04 Å². The maximum Gasteiger partial charge on any atom is 0.125 e. The van der Waals surface area contributed by atoms with Crippen LogP contribution in [-0.4, -0.2) is 26.0 Å². The monoisotopic (exact) mass is 333 g/mol. The Balaban J connectivity index is 2.80. The summed E-state index contributed by atoms with van der Waals surface area (Å²) in [5, 5.41) is 11.0. The number of aliphatic hydroxyl groups excluding tert-OH is 1. The highest BCUT2D eigenvalue weighted by molar-refractivity contribution is 6.77. The maximum absolute atomic E-state index is 9.64. The molecule has 114 valence electrons. The van der Waals surface area contributed by atoms with E-state index in [2.05, 4.69) is 38.8 Å². The van der Waals surface area contributed by atoms with Crippen molar-refractivity contribution in [2.24, 2.45) is 0 Å². The first kappa shape index (κ1) is 18.0. The molecule has 1 aromatic carbocycles. The van der Waals surface area contributed by atoms with Crippen LogP contribution in [0.2, 0.25) is 28.2 Å². The molecule has 0 aliphatic heterocycles. The second kappa shape index (κ2) is 6.80. The van der Waals surface area contributed by atoms with Gasteiger partial charge in [0.25, 0.3) is 0 Å². The second-order valence-corrected chi connectivity index (χ2v) is 12.7. The molecule has 1 atom stereocenters. The van der Waals surface area contributed by atoms with Gasteiger partial charge in [0.2, 0.25) is 0 Å². The third kappa shape index (κ3) is 4.74. The first-order valence-corrected chi connectivity index (χ1v) is 10.6. The molecule has 0 fully saturated rings. The van der Waals surface area contributed by atoms with E-state index >= 15 is 0 Å². The number of aliphatic hydroxyl groups is 1. The Labute approximate surface area is 133 Å². The van der Waals surface area contributed by atoms with E-state index in [1.54, 1.807) is 6.07 Å². The Morgan fingerprint density at radius 3 is 2.25 bits per heavy atom. The average Bonchev–Trinajstić information content (AvgIpc) is 2.31. The summed E-state index contributed by atoms with van der Waals surface area (Å²) >= 11 is 12.0. The summed E-state index contributed by atoms with van der Waals surface area (Å²) in [6, 6.07) is 5.69. The molecule has 1 unspecified atom stereocenters. The van der Waals surface area contributed by atoms with Crippen molar-refractivity contribution in [3.8, 4) is 0 Å². The molecule has 1 aromatic rings. The van der Waals surface area contributed by atoms with E-state index in [1.807, 2.05) is 12.1 Å². The van der Waals surface area contributed by atoms with Crippen LogP contribution in [0.3, 0.4) is 0 Å². The molecule has 5 heteroatoms. The molecular weight excluding hydrogens is 309 g/mol. The zero-order chi connectivity index (χ0) is 15.6. The molecule has 2 N–H and O–H groups in total. The van der Waals surface area contributed by atoms with Crippen molar-refractivity contribution in [2.75, 3.05) is 6.61 Å². The number of hydrogen-bond donors (Lipinski definition) is 2. The van der Waals surface area contributed by atoms with Crippen LogP contribution in [0.4, 0.5) is 0 Å². The van der Waals surface area contributed by atoms with Gasteiger partial charge < -0.3 is 10.1 Å². The number of rotatable bonds is 5. The standard InChI is InChI=1S/C15H25Cl2NOSi/c1-15(2,3)20(4,5)18-12(10-19)8-11-6-7-13(16)14(17)9-11/h6-7,9,12,18-19H,8,10H2,1-5H3. The van der Waals surface area contributed by atoms with Crippen LogP contribution in [0, 0.1) is 0 Å². The molecule has 0 aromatic heterocycles. The summed E-state index contributed by atoms with van der Waals surface area (Å²) in [5.74, 6) is 0. The molecule has 0 heterocycles. The smallest absolute Gasteiger partial charge is 0.125 e. The van der Waals surface area contributed by atoms with E-state index in [1.165, 1.54) is 0 Å². The summed E-state index contributed by atoms with van der Waals surface area (Å²) in [4.78, 5) is 3.68. The predicted octanol–water partition coefficient (Wildman–Crippen LogP) is 4.49. The van der Waals surface area contributed by atoms with E-state index in [-0.39, 0.29) is 17.7 Å². The van der Waals surface area contributed by atoms with E-state index < -0.39 is 8.24 Å². The fourth-order valence-corrected chi connectivity index (χ4v) is 3.81. The van der Waals surface area contributed by atoms with Gasteiger partial charge in [0.1, 0.15) is 8.24 Å². The van der Waals surface area contributed by atoms with Crippen LogP contribution < -0.4 is 4.98 Å². The van der Waals surface area contributed by atoms with E-state index in [0.29, 0.717) is 10.0 Å². The first-order chi connectivity index (χ1) is 9.06. The lowest BCUT2D eigenvalue weighted by molar-refractivity contribution is 0.254. The topological polar surface area (TPSA) is 32.3 Å². The van der Waals surface area contributed by atoms with Crippen LogP contribution in [-0.2, 0) is 6.42 Å². The van der Waals surface area contributed by atoms with Crippen molar-refractivity contribution in [2.45, 2.75) is 51.4 Å². The fraction of sp³-hybridized carbons (Fsp3) is 0.600. The van der Waals surface area contributed by atoms with Crippen LogP contribution in [0.1, 0.15) is 26.3 Å². The van der Waals surface area contributed by atoms with Gasteiger partial charge in [-0.05, 0) is 29.2 Å². The van der Waals surface area contributed by atoms with Crippen molar-refractivity contribution < 1.29 is 5.11 Å². The third-order valence-electron chi connectivity index (χ3n) is 4.13. The van der Waals surface area contributed by atoms with Crippen LogP contribution in [0.25, 0.3) is 0 Å². The number of hydrogen-bond acceptors (Lipinski definition) is 2. The molecule has 0 saturated heterocycles. The van der Waals surface area contributed by atoms with Gasteiger partial charge in [-0.2, -0.15) is 0 Å². The minimum absolute atomic E-state index is 0.0492. The van der Waals surface area contributed by atoms with E-state index in [9.17, 15) is 5.11 Å². The summed E-state index contributed by atoms with van der Waals surface area (Å²) < 4.78 is 0. The van der Waals surface area contributed by atoms with Crippen molar-refractivity contribution in [1.29, 1.82) is 0 Å². The quantitative estimate of drug-likeness (QED) is 0.778. The van der Waals surface area contributed by atoms with E-state index in [4.69, 9.17) is 23.2 Å². The molecule has 1 rings (SSSR count). The minimum atomic E-state index is -1.64. The average molecular weight is 334 g/mol. The molecule has 0 amide bonds. The first-order valence-electron chi connectivity index (χ1n) is 6.89. The van der Waals surface area contributed by atoms with Crippen LogP contribution in [0.15, 0.2) is 18.2 Å². The Morgan fingerprint density at radius 2 is 1.80 bits per heavy atom. The molecule has 20 heavy (non-hydrogen) atoms. The predicted molar refractivity (Wildman–Crippen MR) is 91.4 cm³/mol. The number of nitrogens with one attached hydrogen (secondary N) is 1. The molecule has 0 spiro atoms. The maximum atomic E-state index is 9.64. The Kier molecular flexibility index (Phi) is 6.11. The molecule has 0 saturated carbocycles. The molecule has 0 aliphatic rings. The van der Waals surface area contributed by atoms with Crippen molar-refractivity contribution in [3.63, 3.8) is 0 Å². The van der Waals surface area contributed by atoms with E-state index in [0.717, 1.165) is 12.0 Å². The molecule has 0 aliphatic carbocycles. The number of benzene rings is 1. The van der Waals surface area contributed by atoms with Gasteiger partial charge >= 0.3 is 0 Å². The fourth-order valence-electron chi connectivity index (χ4n) is 1.84. The molecule has 0 radical (unpaired) electrons. The zero-order valence-corrected chi connectivity index (χ0v) is 15.4. The zero-order valence-electron chi connectivity index (χ0n) is 12.9. The Bertz CT molecular complexity index is 458. The molecule has 0 bridgehead atoms. The summed E-state index contributed by atoms with van der Waals surface area (Å²) in [6.45, 7) is 11.5. The molecule has 2 nitrogen and oxygen atoms in total. The Morgan fingerprint density at radius 1 is 1.20 bits per heavy atom. The summed E-state index contributed by atoms with van der Waals surface area (Å²) in [6.07, 6.45) is 0.750. The summed E-state index contributed by atoms with van der Waals surface area (Å²) in [7, 11) is -1.64. The normalized spacial score (nSPS) is 14.4.